The minimum absolute atomic E-state index is 0.421. The predicted octanol–water partition coefficient (Wildman–Crippen LogP) is 1.69. The van der Waals surface area contributed by atoms with Crippen LogP contribution in [0.1, 0.15) is 32.6 Å². The average molecular weight is 251 g/mol. The van der Waals surface area contributed by atoms with Gasteiger partial charge in [-0.1, -0.05) is 13.3 Å². The van der Waals surface area contributed by atoms with Crippen molar-refractivity contribution in [3.05, 3.63) is 0 Å². The Morgan fingerprint density at radius 3 is 2.67 bits per heavy atom. The van der Waals surface area contributed by atoms with E-state index in [1.807, 2.05) is 0 Å². The number of hydrogen-bond acceptors (Lipinski definition) is 6. The zero-order chi connectivity index (χ0) is 12.8. The summed E-state index contributed by atoms with van der Waals surface area (Å²) in [4.78, 5) is 15.1. The van der Waals surface area contributed by atoms with Crippen LogP contribution in [0.5, 0.6) is 6.01 Å². The molecule has 1 aromatic heterocycles. The molecule has 6 nitrogen and oxygen atoms in total. The van der Waals surface area contributed by atoms with Crippen molar-refractivity contribution < 1.29 is 4.74 Å². The van der Waals surface area contributed by atoms with E-state index in [4.69, 9.17) is 4.74 Å². The van der Waals surface area contributed by atoms with E-state index in [-0.39, 0.29) is 0 Å². The van der Waals surface area contributed by atoms with Gasteiger partial charge in [-0.3, -0.25) is 0 Å². The summed E-state index contributed by atoms with van der Waals surface area (Å²) < 4.78 is 5.56. The predicted molar refractivity (Wildman–Crippen MR) is 71.2 cm³/mol. The second kappa shape index (κ2) is 6.37. The van der Waals surface area contributed by atoms with Gasteiger partial charge in [-0.2, -0.15) is 15.0 Å². The van der Waals surface area contributed by atoms with Crippen molar-refractivity contribution in [3.63, 3.8) is 0 Å². The van der Waals surface area contributed by atoms with Crippen molar-refractivity contribution in [3.8, 4) is 6.01 Å². The summed E-state index contributed by atoms with van der Waals surface area (Å²) in [5.41, 5.74) is 0. The number of nitrogens with zero attached hydrogens (tertiary/aromatic N) is 4. The minimum atomic E-state index is 0.421. The Labute approximate surface area is 108 Å². The molecule has 1 aliphatic rings. The number of aromatic nitrogens is 3. The van der Waals surface area contributed by atoms with Crippen LogP contribution >= 0.6 is 0 Å². The summed E-state index contributed by atoms with van der Waals surface area (Å²) in [6.07, 6.45) is 4.52. The van der Waals surface area contributed by atoms with Gasteiger partial charge in [-0.05, 0) is 19.3 Å². The lowest BCUT2D eigenvalue weighted by Crippen LogP contribution is -2.21. The van der Waals surface area contributed by atoms with Gasteiger partial charge in [0.2, 0.25) is 11.9 Å². The molecule has 0 aromatic carbocycles. The zero-order valence-corrected chi connectivity index (χ0v) is 11.1. The zero-order valence-electron chi connectivity index (χ0n) is 11.1. The van der Waals surface area contributed by atoms with Crippen molar-refractivity contribution in [2.75, 3.05) is 37.0 Å². The lowest BCUT2D eigenvalue weighted by molar-refractivity contribution is 0.285. The van der Waals surface area contributed by atoms with Gasteiger partial charge < -0.3 is 15.0 Å². The van der Waals surface area contributed by atoms with Crippen LogP contribution in [0.4, 0.5) is 11.9 Å². The van der Waals surface area contributed by atoms with Gasteiger partial charge in [0.05, 0.1) is 6.61 Å². The maximum atomic E-state index is 5.56. The van der Waals surface area contributed by atoms with Crippen LogP contribution in [0, 0.1) is 0 Å². The number of hydrogen-bond donors (Lipinski definition) is 1. The van der Waals surface area contributed by atoms with Gasteiger partial charge in [0.1, 0.15) is 0 Å². The molecule has 1 fully saturated rings. The van der Waals surface area contributed by atoms with Gasteiger partial charge in [-0.25, -0.2) is 0 Å². The molecular weight excluding hydrogens is 230 g/mol. The number of unbranched alkanes of at least 4 members (excludes halogenated alkanes) is 1. The lowest BCUT2D eigenvalue weighted by atomic mass is 10.4. The Morgan fingerprint density at radius 2 is 2.00 bits per heavy atom. The fourth-order valence-corrected chi connectivity index (χ4v) is 1.89. The van der Waals surface area contributed by atoms with E-state index in [2.05, 4.69) is 32.1 Å². The summed E-state index contributed by atoms with van der Waals surface area (Å²) in [7, 11) is 1.80. The summed E-state index contributed by atoms with van der Waals surface area (Å²) >= 11 is 0. The van der Waals surface area contributed by atoms with Crippen molar-refractivity contribution in [2.24, 2.45) is 0 Å². The third-order valence-corrected chi connectivity index (χ3v) is 2.94. The number of rotatable bonds is 6. The maximum absolute atomic E-state index is 5.56. The summed E-state index contributed by atoms with van der Waals surface area (Å²) in [5, 5.41) is 2.95. The van der Waals surface area contributed by atoms with Crippen molar-refractivity contribution >= 4 is 11.9 Å². The molecule has 0 spiro atoms. The van der Waals surface area contributed by atoms with Gasteiger partial charge in [0.25, 0.3) is 0 Å². The largest absolute Gasteiger partial charge is 0.463 e. The van der Waals surface area contributed by atoms with Gasteiger partial charge >= 0.3 is 6.01 Å². The van der Waals surface area contributed by atoms with Crippen LogP contribution in [0.15, 0.2) is 0 Å². The molecule has 1 aromatic rings. The highest BCUT2D eigenvalue weighted by Crippen LogP contribution is 2.19. The first-order valence-corrected chi connectivity index (χ1v) is 6.65. The van der Waals surface area contributed by atoms with Crippen molar-refractivity contribution in [1.29, 1.82) is 0 Å². The van der Waals surface area contributed by atoms with Crippen LogP contribution in [-0.4, -0.2) is 41.7 Å². The fraction of sp³-hybridized carbons (Fsp3) is 0.750. The molecule has 0 bridgehead atoms. The number of nitrogens with one attached hydrogen (secondary N) is 1. The molecule has 6 heteroatoms. The molecule has 0 saturated carbocycles. The van der Waals surface area contributed by atoms with Crippen LogP contribution in [0.3, 0.4) is 0 Å². The van der Waals surface area contributed by atoms with Crippen LogP contribution in [0.25, 0.3) is 0 Å². The molecule has 0 radical (unpaired) electrons. The molecule has 0 unspecified atom stereocenters. The highest BCUT2D eigenvalue weighted by molar-refractivity contribution is 5.38. The number of ether oxygens (including phenoxy) is 1. The molecule has 0 aliphatic carbocycles. The highest BCUT2D eigenvalue weighted by Gasteiger charge is 2.17. The van der Waals surface area contributed by atoms with Gasteiger partial charge in [0.15, 0.2) is 0 Å². The molecular formula is C12H21N5O. The van der Waals surface area contributed by atoms with E-state index in [0.717, 1.165) is 31.9 Å². The molecule has 1 aliphatic heterocycles. The molecule has 1 N–H and O–H groups in total. The lowest BCUT2D eigenvalue weighted by Gasteiger charge is -2.16. The number of anilines is 2. The second-order valence-electron chi connectivity index (χ2n) is 4.39. The smallest absolute Gasteiger partial charge is 0.323 e. The average Bonchev–Trinajstić information content (AvgIpc) is 2.92. The SMILES string of the molecule is CCCCOc1nc(NC)nc(N2CCCC2)n1. The quantitative estimate of drug-likeness (QED) is 0.776. The molecule has 2 rings (SSSR count). The third kappa shape index (κ3) is 3.21. The highest BCUT2D eigenvalue weighted by atomic mass is 16.5. The normalized spacial score (nSPS) is 14.9. The van der Waals surface area contributed by atoms with Crippen LogP contribution in [0.2, 0.25) is 0 Å². The van der Waals surface area contributed by atoms with E-state index in [9.17, 15) is 0 Å². The van der Waals surface area contributed by atoms with Gasteiger partial charge in [0, 0.05) is 20.1 Å². The topological polar surface area (TPSA) is 63.2 Å². The van der Waals surface area contributed by atoms with E-state index in [0.29, 0.717) is 18.6 Å². The molecule has 100 valence electrons. The fourth-order valence-electron chi connectivity index (χ4n) is 1.89. The maximum Gasteiger partial charge on any atom is 0.323 e. The standard InChI is InChI=1S/C12H21N5O/c1-3-4-9-18-12-15-10(13-2)14-11(16-12)17-7-5-6-8-17/h3-9H2,1-2H3,(H,13,14,15,16). The Bertz CT molecular complexity index is 379. The first kappa shape index (κ1) is 12.9. The molecule has 0 amide bonds. The molecule has 2 heterocycles. The summed E-state index contributed by atoms with van der Waals surface area (Å²) in [6.45, 7) is 4.82. The van der Waals surface area contributed by atoms with Crippen molar-refractivity contribution in [1.82, 2.24) is 15.0 Å². The van der Waals surface area contributed by atoms with Crippen LogP contribution in [-0.2, 0) is 0 Å². The van der Waals surface area contributed by atoms with E-state index < -0.39 is 0 Å². The van der Waals surface area contributed by atoms with E-state index in [1.165, 1.54) is 12.8 Å². The first-order valence-electron chi connectivity index (χ1n) is 6.65. The van der Waals surface area contributed by atoms with E-state index in [1.54, 1.807) is 7.05 Å². The second-order valence-corrected chi connectivity index (χ2v) is 4.39. The molecule has 0 atom stereocenters. The summed E-state index contributed by atoms with van der Waals surface area (Å²) in [6, 6.07) is 0.421. The molecule has 1 saturated heterocycles. The monoisotopic (exact) mass is 251 g/mol. The molecule has 18 heavy (non-hydrogen) atoms. The summed E-state index contributed by atoms with van der Waals surface area (Å²) in [5.74, 6) is 1.29. The third-order valence-electron chi connectivity index (χ3n) is 2.94. The first-order chi connectivity index (χ1) is 8.83. The van der Waals surface area contributed by atoms with Crippen molar-refractivity contribution in [2.45, 2.75) is 32.6 Å². The Morgan fingerprint density at radius 1 is 1.22 bits per heavy atom. The van der Waals surface area contributed by atoms with Gasteiger partial charge in [-0.15, -0.1) is 0 Å². The Kier molecular flexibility index (Phi) is 4.55. The Balaban J connectivity index is 2.10. The van der Waals surface area contributed by atoms with Crippen LogP contribution < -0.4 is 15.0 Å². The van der Waals surface area contributed by atoms with E-state index >= 15 is 0 Å². The minimum Gasteiger partial charge on any atom is -0.463 e. The Hall–Kier alpha value is -1.59.